The van der Waals surface area contributed by atoms with Crippen LogP contribution in [0.4, 0.5) is 0 Å². The Bertz CT molecular complexity index is 515. The number of piperazine rings is 1. The second-order valence-electron chi connectivity index (χ2n) is 4.69. The zero-order chi connectivity index (χ0) is 13.3. The minimum atomic E-state index is -3.37. The Morgan fingerprint density at radius 3 is 2.33 bits per heavy atom. The number of hydrogen-bond acceptors (Lipinski definition) is 4. The molecular weight excluding hydrogens is 252 g/mol. The molecule has 2 N–H and O–H groups in total. The van der Waals surface area contributed by atoms with Crippen molar-refractivity contribution < 1.29 is 8.42 Å². The smallest absolute Gasteiger partial charge is 0.244 e. The van der Waals surface area contributed by atoms with E-state index in [1.807, 2.05) is 14.1 Å². The van der Waals surface area contributed by atoms with Gasteiger partial charge in [0, 0.05) is 51.7 Å². The first kappa shape index (κ1) is 13.5. The molecule has 0 bridgehead atoms. The van der Waals surface area contributed by atoms with Gasteiger partial charge in [0.25, 0.3) is 0 Å². The molecule has 18 heavy (non-hydrogen) atoms. The molecule has 0 unspecified atom stereocenters. The number of rotatable bonds is 3. The Balaban J connectivity index is 2.24. The quantitative estimate of drug-likeness (QED) is 0.799. The monoisotopic (exact) mass is 272 g/mol. The van der Waals surface area contributed by atoms with E-state index in [-0.39, 0.29) is 0 Å². The zero-order valence-electron chi connectivity index (χ0n) is 10.8. The molecule has 0 aliphatic carbocycles. The largest absolute Gasteiger partial charge is 0.352 e. The maximum absolute atomic E-state index is 12.4. The highest BCUT2D eigenvalue weighted by molar-refractivity contribution is 7.89. The number of aromatic nitrogens is 1. The summed E-state index contributed by atoms with van der Waals surface area (Å²) in [6, 6.07) is 1.66. The molecule has 1 fully saturated rings. The predicted molar refractivity (Wildman–Crippen MR) is 69.6 cm³/mol. The van der Waals surface area contributed by atoms with Gasteiger partial charge in [-0.1, -0.05) is 0 Å². The number of sulfonamides is 1. The van der Waals surface area contributed by atoms with Crippen LogP contribution in [0.25, 0.3) is 0 Å². The lowest BCUT2D eigenvalue weighted by atomic mass is 10.4. The Morgan fingerprint density at radius 1 is 1.22 bits per heavy atom. The Hall–Kier alpha value is -0.890. The lowest BCUT2D eigenvalue weighted by molar-refractivity contribution is 0.222. The van der Waals surface area contributed by atoms with Crippen LogP contribution in [-0.2, 0) is 23.6 Å². The molecule has 1 saturated heterocycles. The van der Waals surface area contributed by atoms with Crippen LogP contribution in [0.3, 0.4) is 0 Å². The van der Waals surface area contributed by atoms with E-state index < -0.39 is 10.0 Å². The number of likely N-dealkylation sites (N-methyl/N-ethyl adjacent to an activating group) is 1. The van der Waals surface area contributed by atoms with Crippen molar-refractivity contribution in [3.05, 3.63) is 18.0 Å². The van der Waals surface area contributed by atoms with E-state index in [4.69, 9.17) is 5.73 Å². The van der Waals surface area contributed by atoms with Crippen molar-refractivity contribution in [2.24, 2.45) is 12.8 Å². The van der Waals surface area contributed by atoms with Crippen molar-refractivity contribution in [2.75, 3.05) is 33.2 Å². The highest BCUT2D eigenvalue weighted by atomic mass is 32.2. The van der Waals surface area contributed by atoms with E-state index in [2.05, 4.69) is 4.90 Å². The summed E-state index contributed by atoms with van der Waals surface area (Å²) in [5.74, 6) is 0. The van der Waals surface area contributed by atoms with E-state index >= 15 is 0 Å². The van der Waals surface area contributed by atoms with Crippen LogP contribution in [0, 0.1) is 0 Å². The van der Waals surface area contributed by atoms with Gasteiger partial charge in [-0.05, 0) is 13.1 Å². The highest BCUT2D eigenvalue weighted by Gasteiger charge is 2.28. The predicted octanol–water partition coefficient (Wildman–Crippen LogP) is -0.580. The first-order valence-corrected chi connectivity index (χ1v) is 7.43. The summed E-state index contributed by atoms with van der Waals surface area (Å²) < 4.78 is 28.2. The summed E-state index contributed by atoms with van der Waals surface area (Å²) in [4.78, 5) is 2.47. The van der Waals surface area contributed by atoms with Crippen LogP contribution >= 0.6 is 0 Å². The van der Waals surface area contributed by atoms with Crippen LogP contribution in [0.2, 0.25) is 0 Å². The Morgan fingerprint density at radius 2 is 1.83 bits per heavy atom. The molecule has 102 valence electrons. The van der Waals surface area contributed by atoms with E-state index in [0.29, 0.717) is 24.5 Å². The third-order valence-electron chi connectivity index (χ3n) is 3.39. The third kappa shape index (κ3) is 2.44. The highest BCUT2D eigenvalue weighted by Crippen LogP contribution is 2.19. The van der Waals surface area contributed by atoms with Gasteiger partial charge in [-0.2, -0.15) is 4.31 Å². The number of aryl methyl sites for hydroxylation is 1. The summed E-state index contributed by atoms with van der Waals surface area (Å²) in [6.07, 6.45) is 1.63. The summed E-state index contributed by atoms with van der Waals surface area (Å²) >= 11 is 0. The Kier molecular flexibility index (Phi) is 3.76. The van der Waals surface area contributed by atoms with Crippen molar-refractivity contribution in [1.29, 1.82) is 0 Å². The van der Waals surface area contributed by atoms with Crippen molar-refractivity contribution in [3.63, 3.8) is 0 Å². The summed E-state index contributed by atoms with van der Waals surface area (Å²) in [5.41, 5.74) is 6.39. The molecule has 2 rings (SSSR count). The zero-order valence-corrected chi connectivity index (χ0v) is 11.7. The van der Waals surface area contributed by atoms with Gasteiger partial charge < -0.3 is 15.2 Å². The summed E-state index contributed by atoms with van der Waals surface area (Å²) in [6.45, 7) is 2.98. The fourth-order valence-corrected chi connectivity index (χ4v) is 3.62. The first-order chi connectivity index (χ1) is 8.45. The molecular formula is C11H20N4O2S. The molecule has 0 atom stereocenters. The van der Waals surface area contributed by atoms with Gasteiger partial charge in [0.05, 0.1) is 0 Å². The van der Waals surface area contributed by atoms with Crippen LogP contribution in [0.1, 0.15) is 5.69 Å². The maximum Gasteiger partial charge on any atom is 0.244 e. The molecule has 6 nitrogen and oxygen atoms in total. The van der Waals surface area contributed by atoms with Gasteiger partial charge in [0.1, 0.15) is 4.90 Å². The normalized spacial score (nSPS) is 19.3. The van der Waals surface area contributed by atoms with Gasteiger partial charge in [0.2, 0.25) is 10.0 Å². The molecule has 1 aromatic heterocycles. The maximum atomic E-state index is 12.4. The number of hydrogen-bond donors (Lipinski definition) is 1. The second-order valence-corrected chi connectivity index (χ2v) is 6.63. The van der Waals surface area contributed by atoms with Crippen molar-refractivity contribution in [1.82, 2.24) is 13.8 Å². The lowest BCUT2D eigenvalue weighted by Gasteiger charge is -2.31. The fraction of sp³-hybridized carbons (Fsp3) is 0.636. The van der Waals surface area contributed by atoms with Gasteiger partial charge in [-0.15, -0.1) is 0 Å². The second kappa shape index (κ2) is 5.00. The average Bonchev–Trinajstić information content (AvgIpc) is 2.72. The molecule has 0 amide bonds. The minimum absolute atomic E-state index is 0.342. The molecule has 0 spiro atoms. The standard InChI is InChI=1S/C11H20N4O2S/c1-13-3-5-15(6-4-13)18(16,17)11-7-10(8-12)14(2)9-11/h7,9H,3-6,8,12H2,1-2H3. The van der Waals surface area contributed by atoms with Gasteiger partial charge in [0.15, 0.2) is 0 Å². The molecule has 0 aromatic carbocycles. The van der Waals surface area contributed by atoms with Crippen LogP contribution in [0.15, 0.2) is 17.2 Å². The van der Waals surface area contributed by atoms with Crippen LogP contribution < -0.4 is 5.73 Å². The molecule has 1 aromatic rings. The Labute approximate surface area is 108 Å². The third-order valence-corrected chi connectivity index (χ3v) is 5.26. The molecule has 1 aliphatic rings. The van der Waals surface area contributed by atoms with E-state index in [1.54, 1.807) is 21.1 Å². The molecule has 2 heterocycles. The van der Waals surface area contributed by atoms with Gasteiger partial charge in [-0.3, -0.25) is 0 Å². The average molecular weight is 272 g/mol. The van der Waals surface area contributed by atoms with Crippen molar-refractivity contribution >= 4 is 10.0 Å². The molecule has 0 saturated carbocycles. The van der Waals surface area contributed by atoms with Gasteiger partial charge in [-0.25, -0.2) is 8.42 Å². The summed E-state index contributed by atoms with van der Waals surface area (Å²) in [7, 11) is 0.443. The topological polar surface area (TPSA) is 71.6 Å². The molecule has 1 aliphatic heterocycles. The lowest BCUT2D eigenvalue weighted by Crippen LogP contribution is -2.46. The SMILES string of the molecule is CN1CCN(S(=O)(=O)c2cc(CN)n(C)c2)CC1. The van der Waals surface area contributed by atoms with Crippen molar-refractivity contribution in [2.45, 2.75) is 11.4 Å². The van der Waals surface area contributed by atoms with Crippen molar-refractivity contribution in [3.8, 4) is 0 Å². The summed E-state index contributed by atoms with van der Waals surface area (Å²) in [5, 5.41) is 0. The van der Waals surface area contributed by atoms with E-state index in [1.165, 1.54) is 0 Å². The van der Waals surface area contributed by atoms with Crippen LogP contribution in [-0.4, -0.2) is 55.4 Å². The van der Waals surface area contributed by atoms with E-state index in [0.717, 1.165) is 18.8 Å². The first-order valence-electron chi connectivity index (χ1n) is 5.99. The fourth-order valence-electron chi connectivity index (χ4n) is 2.10. The number of nitrogens with zero attached hydrogens (tertiary/aromatic N) is 3. The van der Waals surface area contributed by atoms with E-state index in [9.17, 15) is 8.42 Å². The molecule has 0 radical (unpaired) electrons. The molecule has 7 heteroatoms. The van der Waals surface area contributed by atoms with Crippen LogP contribution in [0.5, 0.6) is 0 Å². The van der Waals surface area contributed by atoms with Gasteiger partial charge >= 0.3 is 0 Å². The minimum Gasteiger partial charge on any atom is -0.352 e. The number of nitrogens with two attached hydrogens (primary N) is 1.